The van der Waals surface area contributed by atoms with Crippen LogP contribution in [0.15, 0.2) is 24.3 Å². The Morgan fingerprint density at radius 3 is 3.00 bits per heavy atom. The molecule has 0 saturated carbocycles. The first kappa shape index (κ1) is 14.5. The summed E-state index contributed by atoms with van der Waals surface area (Å²) in [7, 11) is 0. The molecule has 0 radical (unpaired) electrons. The van der Waals surface area contributed by atoms with Gasteiger partial charge in [0.25, 0.3) is 5.91 Å². The molecule has 0 fully saturated rings. The van der Waals surface area contributed by atoms with E-state index in [2.05, 4.69) is 14.9 Å². The summed E-state index contributed by atoms with van der Waals surface area (Å²) in [6.07, 6.45) is 1.66. The van der Waals surface area contributed by atoms with Crippen LogP contribution in [-0.2, 0) is 6.42 Å². The van der Waals surface area contributed by atoms with E-state index in [1.807, 2.05) is 6.92 Å². The molecule has 1 amide bonds. The van der Waals surface area contributed by atoms with E-state index in [-0.39, 0.29) is 5.91 Å². The summed E-state index contributed by atoms with van der Waals surface area (Å²) in [6.45, 7) is 2.03. The number of aromatic nitrogens is 2. The zero-order valence-corrected chi connectivity index (χ0v) is 12.6. The van der Waals surface area contributed by atoms with Gasteiger partial charge in [0.15, 0.2) is 0 Å². The van der Waals surface area contributed by atoms with E-state index < -0.39 is 0 Å². The molecule has 2 rings (SSSR count). The Balaban J connectivity index is 2.17. The van der Waals surface area contributed by atoms with Crippen molar-refractivity contribution in [3.8, 4) is 0 Å². The number of thiocarbonyl (C=S) groups is 1. The summed E-state index contributed by atoms with van der Waals surface area (Å²) < 4.78 is 3.84. The number of aryl methyl sites for hydroxylation is 1. The van der Waals surface area contributed by atoms with Gasteiger partial charge in [0.1, 0.15) is 9.87 Å². The fourth-order valence-corrected chi connectivity index (χ4v) is 2.45. The minimum atomic E-state index is -0.205. The minimum absolute atomic E-state index is 0.205. The third-order valence-corrected chi connectivity index (χ3v) is 3.66. The molecule has 0 unspecified atom stereocenters. The van der Waals surface area contributed by atoms with Gasteiger partial charge in [-0.1, -0.05) is 42.2 Å². The lowest BCUT2D eigenvalue weighted by Gasteiger charge is -2.06. The highest BCUT2D eigenvalue weighted by molar-refractivity contribution is 7.80. The maximum absolute atomic E-state index is 12.2. The second kappa shape index (κ2) is 6.53. The monoisotopic (exact) mass is 306 g/mol. The van der Waals surface area contributed by atoms with Crippen LogP contribution in [0.25, 0.3) is 0 Å². The topological polar surface area (TPSA) is 80.9 Å². The molecule has 3 N–H and O–H groups in total. The third kappa shape index (κ3) is 3.37. The first-order valence-electron chi connectivity index (χ1n) is 6.14. The smallest absolute Gasteiger partial charge is 0.269 e. The SMILES string of the molecule is CCCc1nnsc1C(=O)Nc1cccc(C(N)=S)c1. The van der Waals surface area contributed by atoms with Crippen molar-refractivity contribution in [1.82, 2.24) is 9.59 Å². The van der Waals surface area contributed by atoms with Gasteiger partial charge in [-0.3, -0.25) is 4.79 Å². The Bertz CT molecular complexity index is 639. The molecule has 0 aliphatic heterocycles. The van der Waals surface area contributed by atoms with Crippen molar-refractivity contribution in [1.29, 1.82) is 0 Å². The second-order valence-corrected chi connectivity index (χ2v) is 5.39. The number of nitrogens with two attached hydrogens (primary N) is 1. The first-order valence-corrected chi connectivity index (χ1v) is 7.32. The Morgan fingerprint density at radius 2 is 2.30 bits per heavy atom. The number of anilines is 1. The molecule has 0 bridgehead atoms. The zero-order chi connectivity index (χ0) is 14.5. The second-order valence-electron chi connectivity index (χ2n) is 4.20. The number of nitrogens with one attached hydrogen (secondary N) is 1. The molecule has 104 valence electrons. The van der Waals surface area contributed by atoms with Gasteiger partial charge in [-0.05, 0) is 30.1 Å². The summed E-state index contributed by atoms with van der Waals surface area (Å²) in [5.41, 5.74) is 7.67. The van der Waals surface area contributed by atoms with E-state index in [4.69, 9.17) is 18.0 Å². The van der Waals surface area contributed by atoms with E-state index in [0.717, 1.165) is 30.1 Å². The average molecular weight is 306 g/mol. The number of rotatable bonds is 5. The third-order valence-electron chi connectivity index (χ3n) is 2.65. The fraction of sp³-hybridized carbons (Fsp3) is 0.231. The van der Waals surface area contributed by atoms with E-state index in [0.29, 0.717) is 21.1 Å². The van der Waals surface area contributed by atoms with E-state index >= 15 is 0 Å². The highest BCUT2D eigenvalue weighted by atomic mass is 32.1. The van der Waals surface area contributed by atoms with Crippen LogP contribution in [0.2, 0.25) is 0 Å². The molecule has 2 aromatic rings. The van der Waals surface area contributed by atoms with Crippen LogP contribution in [0, 0.1) is 0 Å². The molecule has 0 saturated heterocycles. The lowest BCUT2D eigenvalue weighted by atomic mass is 10.2. The lowest BCUT2D eigenvalue weighted by Crippen LogP contribution is -2.14. The molecule has 0 atom stereocenters. The molecule has 1 aromatic heterocycles. The van der Waals surface area contributed by atoms with Gasteiger partial charge >= 0.3 is 0 Å². The summed E-state index contributed by atoms with van der Waals surface area (Å²) >= 11 is 6.02. The van der Waals surface area contributed by atoms with Crippen LogP contribution in [0.3, 0.4) is 0 Å². The normalized spacial score (nSPS) is 10.2. The molecule has 0 aliphatic rings. The molecular formula is C13H14N4OS2. The summed E-state index contributed by atoms with van der Waals surface area (Å²) in [4.78, 5) is 13.1. The number of amides is 1. The quantitative estimate of drug-likeness (QED) is 0.829. The van der Waals surface area contributed by atoms with Gasteiger partial charge in [-0.15, -0.1) is 5.10 Å². The van der Waals surface area contributed by atoms with Gasteiger partial charge in [0.2, 0.25) is 0 Å². The van der Waals surface area contributed by atoms with Crippen LogP contribution in [-0.4, -0.2) is 20.5 Å². The van der Waals surface area contributed by atoms with Crippen molar-refractivity contribution >= 4 is 40.3 Å². The maximum atomic E-state index is 12.2. The van der Waals surface area contributed by atoms with Gasteiger partial charge in [-0.2, -0.15) is 0 Å². The van der Waals surface area contributed by atoms with Gasteiger partial charge in [-0.25, -0.2) is 0 Å². The van der Waals surface area contributed by atoms with Gasteiger partial charge in [0, 0.05) is 11.3 Å². The minimum Gasteiger partial charge on any atom is -0.389 e. The van der Waals surface area contributed by atoms with E-state index in [1.54, 1.807) is 24.3 Å². The molecule has 0 aliphatic carbocycles. The van der Waals surface area contributed by atoms with Crippen LogP contribution in [0.1, 0.15) is 34.3 Å². The van der Waals surface area contributed by atoms with Crippen molar-refractivity contribution in [2.24, 2.45) is 5.73 Å². The molecule has 1 aromatic carbocycles. The molecule has 7 heteroatoms. The van der Waals surface area contributed by atoms with E-state index in [9.17, 15) is 4.79 Å². The predicted octanol–water partition coefficient (Wildman–Crippen LogP) is 2.38. The summed E-state index contributed by atoms with van der Waals surface area (Å²) in [6, 6.07) is 7.12. The number of benzene rings is 1. The molecular weight excluding hydrogens is 292 g/mol. The average Bonchev–Trinajstić information content (AvgIpc) is 2.88. The maximum Gasteiger partial charge on any atom is 0.269 e. The Kier molecular flexibility index (Phi) is 4.75. The number of hydrogen-bond donors (Lipinski definition) is 2. The standard InChI is InChI=1S/C13H14N4OS2/c1-2-4-10-11(20-17-16-10)13(18)15-9-6-3-5-8(7-9)12(14)19/h3,5-7H,2,4H2,1H3,(H2,14,19)(H,15,18). The fourth-order valence-electron chi connectivity index (χ4n) is 1.72. The van der Waals surface area contributed by atoms with Crippen molar-refractivity contribution in [3.63, 3.8) is 0 Å². The van der Waals surface area contributed by atoms with Crippen molar-refractivity contribution in [2.45, 2.75) is 19.8 Å². The van der Waals surface area contributed by atoms with Crippen LogP contribution in [0.5, 0.6) is 0 Å². The molecule has 5 nitrogen and oxygen atoms in total. The summed E-state index contributed by atoms with van der Waals surface area (Å²) in [5, 5.41) is 6.80. The van der Waals surface area contributed by atoms with E-state index in [1.165, 1.54) is 0 Å². The van der Waals surface area contributed by atoms with Gasteiger partial charge < -0.3 is 11.1 Å². The Labute approximate surface area is 126 Å². The number of hydrogen-bond acceptors (Lipinski definition) is 5. The van der Waals surface area contributed by atoms with Crippen LogP contribution in [0.4, 0.5) is 5.69 Å². The predicted molar refractivity (Wildman–Crippen MR) is 84.2 cm³/mol. The highest BCUT2D eigenvalue weighted by Crippen LogP contribution is 2.16. The van der Waals surface area contributed by atoms with Gasteiger partial charge in [0.05, 0.1) is 5.69 Å². The Morgan fingerprint density at radius 1 is 1.50 bits per heavy atom. The van der Waals surface area contributed by atoms with Crippen molar-refractivity contribution < 1.29 is 4.79 Å². The van der Waals surface area contributed by atoms with Crippen molar-refractivity contribution in [3.05, 3.63) is 40.4 Å². The van der Waals surface area contributed by atoms with Crippen LogP contribution >= 0.6 is 23.8 Å². The van der Waals surface area contributed by atoms with Crippen molar-refractivity contribution in [2.75, 3.05) is 5.32 Å². The molecule has 1 heterocycles. The number of carbonyl (C=O) groups excluding carboxylic acids is 1. The van der Waals surface area contributed by atoms with Crippen LogP contribution < -0.4 is 11.1 Å². The molecule has 0 spiro atoms. The first-order chi connectivity index (χ1) is 9.61. The largest absolute Gasteiger partial charge is 0.389 e. The zero-order valence-electron chi connectivity index (χ0n) is 10.9. The molecule has 20 heavy (non-hydrogen) atoms. The highest BCUT2D eigenvalue weighted by Gasteiger charge is 2.15. The number of carbonyl (C=O) groups is 1. The summed E-state index contributed by atoms with van der Waals surface area (Å²) in [5.74, 6) is -0.205. The number of nitrogens with zero attached hydrogens (tertiary/aromatic N) is 2. The lowest BCUT2D eigenvalue weighted by molar-refractivity contribution is 0.102. The Hall–Kier alpha value is -1.86.